The molecule has 0 bridgehead atoms. The number of imidazole rings is 1. The second-order valence-corrected chi connectivity index (χ2v) is 7.69. The Kier molecular flexibility index (Phi) is 4.62. The second kappa shape index (κ2) is 7.49. The van der Waals surface area contributed by atoms with E-state index in [0.717, 1.165) is 22.0 Å². The van der Waals surface area contributed by atoms with Gasteiger partial charge in [0.05, 0.1) is 35.3 Å². The highest BCUT2D eigenvalue weighted by Gasteiger charge is 2.18. The molecule has 1 amide bonds. The predicted molar refractivity (Wildman–Crippen MR) is 120 cm³/mol. The molecule has 3 aromatic heterocycles. The van der Waals surface area contributed by atoms with Crippen molar-refractivity contribution >= 4 is 28.1 Å². The van der Waals surface area contributed by atoms with E-state index in [1.165, 1.54) is 18.3 Å². The molecule has 0 aliphatic rings. The summed E-state index contributed by atoms with van der Waals surface area (Å²) in [5, 5.41) is 1.06. The number of aryl methyl sites for hydroxylation is 1. The van der Waals surface area contributed by atoms with Crippen molar-refractivity contribution in [3.63, 3.8) is 0 Å². The summed E-state index contributed by atoms with van der Waals surface area (Å²) in [6.45, 7) is 4.13. The van der Waals surface area contributed by atoms with Crippen LogP contribution in [0.1, 0.15) is 34.5 Å². The maximum atomic E-state index is 14.3. The summed E-state index contributed by atoms with van der Waals surface area (Å²) in [5.74, 6) is -1.51. The zero-order valence-electron chi connectivity index (χ0n) is 17.5. The van der Waals surface area contributed by atoms with Gasteiger partial charge in [-0.1, -0.05) is 12.1 Å². The fourth-order valence-corrected chi connectivity index (χ4v) is 3.95. The van der Waals surface area contributed by atoms with Crippen molar-refractivity contribution in [2.24, 2.45) is 5.73 Å². The van der Waals surface area contributed by atoms with Gasteiger partial charge in [-0.05, 0) is 55.3 Å². The summed E-state index contributed by atoms with van der Waals surface area (Å²) in [6, 6.07) is 12.3. The van der Waals surface area contributed by atoms with Gasteiger partial charge >= 0.3 is 0 Å². The highest BCUT2D eigenvalue weighted by atomic mass is 19.1. The van der Waals surface area contributed by atoms with Gasteiger partial charge in [0, 0.05) is 17.1 Å². The summed E-state index contributed by atoms with van der Waals surface area (Å²) in [4.78, 5) is 29.2. The second-order valence-electron chi connectivity index (χ2n) is 7.69. The van der Waals surface area contributed by atoms with Crippen molar-refractivity contribution in [2.45, 2.75) is 19.9 Å². The van der Waals surface area contributed by atoms with Gasteiger partial charge in [0.1, 0.15) is 5.82 Å². The molecule has 2 N–H and O–H groups in total. The third-order valence-electron chi connectivity index (χ3n) is 5.67. The Morgan fingerprint density at radius 1 is 1.12 bits per heavy atom. The molecule has 32 heavy (non-hydrogen) atoms. The number of amides is 1. The quantitative estimate of drug-likeness (QED) is 0.464. The van der Waals surface area contributed by atoms with E-state index in [1.807, 2.05) is 16.7 Å². The van der Waals surface area contributed by atoms with Crippen molar-refractivity contribution in [1.82, 2.24) is 24.5 Å². The first-order chi connectivity index (χ1) is 15.4. The van der Waals surface area contributed by atoms with Crippen molar-refractivity contribution in [2.75, 3.05) is 0 Å². The molecule has 5 rings (SSSR count). The minimum absolute atomic E-state index is 0.0665. The molecule has 0 saturated carbocycles. The molecule has 2 aromatic carbocycles. The number of aromatic nitrogens is 5. The Morgan fingerprint density at radius 3 is 2.75 bits per heavy atom. The first-order valence-electron chi connectivity index (χ1n) is 10.1. The number of nitrogens with zero attached hydrogens (tertiary/aromatic N) is 5. The molecule has 0 saturated heterocycles. The Bertz CT molecular complexity index is 1510. The minimum Gasteiger partial charge on any atom is -0.366 e. The maximum Gasteiger partial charge on any atom is 0.251 e. The summed E-state index contributed by atoms with van der Waals surface area (Å²) in [6.07, 6.45) is 5.03. The van der Waals surface area contributed by atoms with Crippen LogP contribution in [0.4, 0.5) is 4.39 Å². The van der Waals surface area contributed by atoms with Crippen LogP contribution in [0.25, 0.3) is 33.5 Å². The fourth-order valence-electron chi connectivity index (χ4n) is 3.95. The number of rotatable bonds is 4. The smallest absolute Gasteiger partial charge is 0.251 e. The van der Waals surface area contributed by atoms with Crippen LogP contribution in [0.3, 0.4) is 0 Å². The van der Waals surface area contributed by atoms with E-state index in [9.17, 15) is 9.18 Å². The SMILES string of the molecule is Cc1cc2ncccc2cc1C(C)n1cnc2ncc(-c3ccc(C(N)=O)c(F)c3)nc21. The molecule has 0 fully saturated rings. The number of hydrogen-bond donors (Lipinski definition) is 1. The highest BCUT2D eigenvalue weighted by Crippen LogP contribution is 2.29. The lowest BCUT2D eigenvalue weighted by molar-refractivity contribution is 0.0996. The molecule has 3 heterocycles. The van der Waals surface area contributed by atoms with Crippen LogP contribution < -0.4 is 5.73 Å². The molecule has 0 aliphatic heterocycles. The van der Waals surface area contributed by atoms with E-state index in [4.69, 9.17) is 10.7 Å². The number of benzene rings is 2. The number of fused-ring (bicyclic) bond motifs is 2. The lowest BCUT2D eigenvalue weighted by Crippen LogP contribution is -2.13. The first kappa shape index (κ1) is 19.7. The minimum atomic E-state index is -0.816. The van der Waals surface area contributed by atoms with Gasteiger partial charge in [-0.25, -0.2) is 19.3 Å². The molecule has 7 nitrogen and oxygen atoms in total. The largest absolute Gasteiger partial charge is 0.366 e. The third kappa shape index (κ3) is 3.26. The van der Waals surface area contributed by atoms with Gasteiger partial charge in [0.2, 0.25) is 0 Å². The van der Waals surface area contributed by atoms with Gasteiger partial charge in [0.15, 0.2) is 11.3 Å². The average molecular weight is 426 g/mol. The van der Waals surface area contributed by atoms with Crippen LogP contribution in [0.5, 0.6) is 0 Å². The third-order valence-corrected chi connectivity index (χ3v) is 5.67. The van der Waals surface area contributed by atoms with Crippen molar-refractivity contribution in [1.29, 1.82) is 0 Å². The monoisotopic (exact) mass is 426 g/mol. The van der Waals surface area contributed by atoms with Gasteiger partial charge < -0.3 is 10.3 Å². The van der Waals surface area contributed by atoms with Crippen molar-refractivity contribution in [3.05, 3.63) is 83.7 Å². The highest BCUT2D eigenvalue weighted by molar-refractivity contribution is 5.93. The number of carbonyl (C=O) groups excluding carboxylic acids is 1. The number of primary amides is 1. The first-order valence-corrected chi connectivity index (χ1v) is 10.1. The van der Waals surface area contributed by atoms with Crippen LogP contribution in [-0.4, -0.2) is 30.4 Å². The Labute approximate surface area is 182 Å². The number of pyridine rings is 1. The van der Waals surface area contributed by atoms with Gasteiger partial charge in [-0.3, -0.25) is 9.78 Å². The number of nitrogens with two attached hydrogens (primary N) is 1. The lowest BCUT2D eigenvalue weighted by Gasteiger charge is -2.18. The number of hydrogen-bond acceptors (Lipinski definition) is 5. The van der Waals surface area contributed by atoms with E-state index in [-0.39, 0.29) is 11.6 Å². The molecular weight excluding hydrogens is 407 g/mol. The van der Waals surface area contributed by atoms with Gasteiger partial charge in [0.25, 0.3) is 5.91 Å². The molecule has 0 aliphatic carbocycles. The number of halogens is 1. The normalized spacial score (nSPS) is 12.3. The standard InChI is InChI=1S/C24H19FN6O/c1-13-8-20-15(4-3-7-27-20)9-18(13)14(2)31-12-29-23-24(31)30-21(11-28-23)16-5-6-17(22(26)32)19(25)10-16/h3-12,14H,1-2H3,(H2,26,32). The molecule has 0 radical (unpaired) electrons. The van der Waals surface area contributed by atoms with Gasteiger partial charge in [-0.2, -0.15) is 0 Å². The fraction of sp³-hybridized carbons (Fsp3) is 0.125. The molecule has 5 aromatic rings. The maximum absolute atomic E-state index is 14.3. The van der Waals surface area contributed by atoms with E-state index in [1.54, 1.807) is 18.6 Å². The molecular formula is C24H19FN6O. The van der Waals surface area contributed by atoms with Gasteiger partial charge in [-0.15, -0.1) is 0 Å². The summed E-state index contributed by atoms with van der Waals surface area (Å²) in [5.41, 5.74) is 10.3. The Balaban J connectivity index is 1.59. The van der Waals surface area contributed by atoms with Crippen molar-refractivity contribution < 1.29 is 9.18 Å². The molecule has 1 unspecified atom stereocenters. The summed E-state index contributed by atoms with van der Waals surface area (Å²) in [7, 11) is 0. The molecule has 1 atom stereocenters. The zero-order valence-corrected chi connectivity index (χ0v) is 17.5. The van der Waals surface area contributed by atoms with Crippen LogP contribution in [0.15, 0.2) is 61.2 Å². The zero-order chi connectivity index (χ0) is 22.4. The van der Waals surface area contributed by atoms with Crippen molar-refractivity contribution in [3.8, 4) is 11.3 Å². The predicted octanol–water partition coefficient (Wildman–Crippen LogP) is 4.20. The number of carbonyl (C=O) groups is 1. The van der Waals surface area contributed by atoms with Crippen LogP contribution in [0.2, 0.25) is 0 Å². The molecule has 0 spiro atoms. The summed E-state index contributed by atoms with van der Waals surface area (Å²) < 4.78 is 16.2. The average Bonchev–Trinajstić information content (AvgIpc) is 3.21. The lowest BCUT2D eigenvalue weighted by atomic mass is 9.99. The van der Waals surface area contributed by atoms with E-state index in [0.29, 0.717) is 22.6 Å². The molecule has 158 valence electrons. The summed E-state index contributed by atoms with van der Waals surface area (Å²) >= 11 is 0. The Hall–Kier alpha value is -4.20. The molecule has 8 heteroatoms. The van der Waals surface area contributed by atoms with Crippen LogP contribution in [-0.2, 0) is 0 Å². The van der Waals surface area contributed by atoms with E-state index >= 15 is 0 Å². The van der Waals surface area contributed by atoms with E-state index in [2.05, 4.69) is 40.9 Å². The van der Waals surface area contributed by atoms with Crippen LogP contribution >= 0.6 is 0 Å². The van der Waals surface area contributed by atoms with Crippen LogP contribution in [0, 0.1) is 12.7 Å². The topological polar surface area (TPSA) is 99.6 Å². The Morgan fingerprint density at radius 2 is 1.97 bits per heavy atom. The van der Waals surface area contributed by atoms with E-state index < -0.39 is 11.7 Å².